The number of sulfonamides is 1. The molecule has 0 unspecified atom stereocenters. The average Bonchev–Trinajstić information content (AvgIpc) is 3.25. The van der Waals surface area contributed by atoms with Crippen molar-refractivity contribution in [1.82, 2.24) is 4.31 Å². The first-order valence-electron chi connectivity index (χ1n) is 10.1. The Morgan fingerprint density at radius 2 is 1.55 bits per heavy atom. The molecule has 0 heterocycles. The standard InChI is InChI=1S/C22H29N3O5S/c1-25(2)31(27,28)21-10-15(9-17(13-21)23-16-7-5-6-8-16)22(26)24-18-11-19(29-3)14-20(12-18)30-4/h9-14,16,23H,5-8H2,1-4H3,(H,24,26). The summed E-state index contributed by atoms with van der Waals surface area (Å²) in [6, 6.07) is 9.96. The van der Waals surface area contributed by atoms with Crippen molar-refractivity contribution in [3.05, 3.63) is 42.0 Å². The summed E-state index contributed by atoms with van der Waals surface area (Å²) in [6.45, 7) is 0. The summed E-state index contributed by atoms with van der Waals surface area (Å²) in [7, 11) is 2.27. The number of methoxy groups -OCH3 is 2. The quantitative estimate of drug-likeness (QED) is 0.642. The zero-order valence-corrected chi connectivity index (χ0v) is 19.1. The van der Waals surface area contributed by atoms with Crippen LogP contribution in [0.5, 0.6) is 11.5 Å². The van der Waals surface area contributed by atoms with Crippen molar-refractivity contribution in [2.75, 3.05) is 38.9 Å². The van der Waals surface area contributed by atoms with Gasteiger partial charge in [0, 0.05) is 55.3 Å². The molecule has 1 aliphatic rings. The summed E-state index contributed by atoms with van der Waals surface area (Å²) in [5, 5.41) is 6.19. The molecule has 1 fully saturated rings. The molecule has 2 aromatic carbocycles. The summed E-state index contributed by atoms with van der Waals surface area (Å²) in [4.78, 5) is 13.1. The number of amides is 1. The normalized spacial score (nSPS) is 14.5. The lowest BCUT2D eigenvalue weighted by Crippen LogP contribution is -2.23. The Morgan fingerprint density at radius 3 is 2.10 bits per heavy atom. The third-order valence-electron chi connectivity index (χ3n) is 5.28. The number of rotatable bonds is 8. The number of nitrogens with one attached hydrogen (secondary N) is 2. The van der Waals surface area contributed by atoms with Crippen molar-refractivity contribution < 1.29 is 22.7 Å². The second-order valence-corrected chi connectivity index (χ2v) is 9.87. The Labute approximate surface area is 183 Å². The van der Waals surface area contributed by atoms with E-state index in [1.165, 1.54) is 34.4 Å². The van der Waals surface area contributed by atoms with Crippen LogP contribution < -0.4 is 20.1 Å². The summed E-state index contributed by atoms with van der Waals surface area (Å²) in [6.07, 6.45) is 4.32. The van der Waals surface area contributed by atoms with Gasteiger partial charge in [0.05, 0.1) is 19.1 Å². The molecule has 2 N–H and O–H groups in total. The van der Waals surface area contributed by atoms with E-state index in [1.54, 1.807) is 30.3 Å². The minimum Gasteiger partial charge on any atom is -0.497 e. The topological polar surface area (TPSA) is 97.0 Å². The van der Waals surface area contributed by atoms with Crippen molar-refractivity contribution in [3.8, 4) is 11.5 Å². The monoisotopic (exact) mass is 447 g/mol. The zero-order chi connectivity index (χ0) is 22.6. The van der Waals surface area contributed by atoms with Crippen molar-refractivity contribution in [2.45, 2.75) is 36.6 Å². The maximum Gasteiger partial charge on any atom is 0.255 e. The molecule has 0 aromatic heterocycles. The SMILES string of the molecule is COc1cc(NC(=O)c2cc(NC3CCCC3)cc(S(=O)(=O)N(C)C)c2)cc(OC)c1. The van der Waals surface area contributed by atoms with Crippen molar-refractivity contribution in [1.29, 1.82) is 0 Å². The van der Waals surface area contributed by atoms with Crippen LogP contribution in [0.4, 0.5) is 11.4 Å². The van der Waals surface area contributed by atoms with Crippen LogP contribution in [0.2, 0.25) is 0 Å². The number of hydrogen-bond acceptors (Lipinski definition) is 6. The predicted octanol–water partition coefficient (Wildman–Crippen LogP) is 3.56. The highest BCUT2D eigenvalue weighted by atomic mass is 32.2. The summed E-state index contributed by atoms with van der Waals surface area (Å²) in [5.41, 5.74) is 1.33. The van der Waals surface area contributed by atoms with Crippen LogP contribution in [-0.4, -0.2) is 53.0 Å². The minimum atomic E-state index is -3.71. The van der Waals surface area contributed by atoms with Gasteiger partial charge in [-0.05, 0) is 31.0 Å². The first-order chi connectivity index (χ1) is 14.7. The molecule has 0 saturated heterocycles. The molecule has 0 bridgehead atoms. The Bertz CT molecular complexity index is 1020. The molecular weight excluding hydrogens is 418 g/mol. The fraction of sp³-hybridized carbons (Fsp3) is 0.409. The van der Waals surface area contributed by atoms with Crippen molar-refractivity contribution >= 4 is 27.3 Å². The van der Waals surface area contributed by atoms with Crippen molar-refractivity contribution in [2.24, 2.45) is 0 Å². The highest BCUT2D eigenvalue weighted by molar-refractivity contribution is 7.89. The number of ether oxygens (including phenoxy) is 2. The molecule has 2 aromatic rings. The van der Waals surface area contributed by atoms with Gasteiger partial charge in [-0.25, -0.2) is 12.7 Å². The number of carbonyl (C=O) groups is 1. The molecule has 0 radical (unpaired) electrons. The van der Waals surface area contributed by atoms with Gasteiger partial charge in [0.15, 0.2) is 0 Å². The third-order valence-corrected chi connectivity index (χ3v) is 7.08. The van der Waals surface area contributed by atoms with Crippen LogP contribution >= 0.6 is 0 Å². The number of carbonyl (C=O) groups excluding carboxylic acids is 1. The van der Waals surface area contributed by atoms with Crippen LogP contribution in [0.3, 0.4) is 0 Å². The summed E-state index contributed by atoms with van der Waals surface area (Å²) < 4.78 is 37.1. The molecular formula is C22H29N3O5S. The van der Waals surface area contributed by atoms with E-state index in [2.05, 4.69) is 10.6 Å². The smallest absolute Gasteiger partial charge is 0.255 e. The van der Waals surface area contributed by atoms with Gasteiger partial charge in [-0.15, -0.1) is 0 Å². The van der Waals surface area contributed by atoms with E-state index >= 15 is 0 Å². The number of benzene rings is 2. The van der Waals surface area contributed by atoms with Gasteiger partial charge < -0.3 is 20.1 Å². The predicted molar refractivity (Wildman–Crippen MR) is 121 cm³/mol. The number of hydrogen-bond donors (Lipinski definition) is 2. The number of nitrogens with zero attached hydrogens (tertiary/aromatic N) is 1. The molecule has 31 heavy (non-hydrogen) atoms. The Morgan fingerprint density at radius 1 is 0.935 bits per heavy atom. The lowest BCUT2D eigenvalue weighted by Gasteiger charge is -2.18. The van der Waals surface area contributed by atoms with E-state index in [-0.39, 0.29) is 16.5 Å². The van der Waals surface area contributed by atoms with Crippen LogP contribution in [-0.2, 0) is 10.0 Å². The summed E-state index contributed by atoms with van der Waals surface area (Å²) in [5.74, 6) is 0.630. The van der Waals surface area contributed by atoms with Gasteiger partial charge in [-0.2, -0.15) is 0 Å². The fourth-order valence-electron chi connectivity index (χ4n) is 3.56. The second-order valence-electron chi connectivity index (χ2n) is 7.71. The molecule has 0 spiro atoms. The molecule has 0 aliphatic heterocycles. The Hall–Kier alpha value is -2.78. The molecule has 0 atom stereocenters. The molecule has 3 rings (SSSR count). The van der Waals surface area contributed by atoms with E-state index in [1.807, 2.05) is 0 Å². The third kappa shape index (κ3) is 5.48. The van der Waals surface area contributed by atoms with E-state index < -0.39 is 15.9 Å². The van der Waals surface area contributed by atoms with Crippen LogP contribution in [0.25, 0.3) is 0 Å². The second kappa shape index (κ2) is 9.57. The lowest BCUT2D eigenvalue weighted by atomic mass is 10.1. The van der Waals surface area contributed by atoms with E-state index in [0.717, 1.165) is 30.0 Å². The van der Waals surface area contributed by atoms with Gasteiger partial charge in [0.1, 0.15) is 11.5 Å². The molecule has 168 valence electrons. The average molecular weight is 448 g/mol. The van der Waals surface area contributed by atoms with E-state index in [4.69, 9.17) is 9.47 Å². The first kappa shape index (κ1) is 22.9. The lowest BCUT2D eigenvalue weighted by molar-refractivity contribution is 0.102. The highest BCUT2D eigenvalue weighted by Gasteiger charge is 2.22. The molecule has 1 saturated carbocycles. The van der Waals surface area contributed by atoms with Crippen LogP contribution in [0, 0.1) is 0 Å². The van der Waals surface area contributed by atoms with Gasteiger partial charge in [-0.3, -0.25) is 4.79 Å². The van der Waals surface area contributed by atoms with E-state index in [9.17, 15) is 13.2 Å². The van der Waals surface area contributed by atoms with E-state index in [0.29, 0.717) is 22.9 Å². The first-order valence-corrected chi connectivity index (χ1v) is 11.6. The molecule has 1 amide bonds. The van der Waals surface area contributed by atoms with Gasteiger partial charge >= 0.3 is 0 Å². The van der Waals surface area contributed by atoms with Crippen LogP contribution in [0.15, 0.2) is 41.3 Å². The van der Waals surface area contributed by atoms with Crippen molar-refractivity contribution in [3.63, 3.8) is 0 Å². The Balaban J connectivity index is 1.95. The van der Waals surface area contributed by atoms with Gasteiger partial charge in [0.2, 0.25) is 10.0 Å². The maximum absolute atomic E-state index is 13.0. The largest absolute Gasteiger partial charge is 0.497 e. The van der Waals surface area contributed by atoms with Gasteiger partial charge in [-0.1, -0.05) is 12.8 Å². The maximum atomic E-state index is 13.0. The van der Waals surface area contributed by atoms with Gasteiger partial charge in [0.25, 0.3) is 5.91 Å². The fourth-order valence-corrected chi connectivity index (χ4v) is 4.54. The highest BCUT2D eigenvalue weighted by Crippen LogP contribution is 2.28. The van der Waals surface area contributed by atoms with Crippen LogP contribution in [0.1, 0.15) is 36.0 Å². The molecule has 9 heteroatoms. The number of anilines is 2. The molecule has 1 aliphatic carbocycles. The molecule has 8 nitrogen and oxygen atoms in total. The zero-order valence-electron chi connectivity index (χ0n) is 18.3. The summed E-state index contributed by atoms with van der Waals surface area (Å²) >= 11 is 0. The minimum absolute atomic E-state index is 0.0638. The Kier molecular flexibility index (Phi) is 7.07.